The molecule has 1 unspecified atom stereocenters. The summed E-state index contributed by atoms with van der Waals surface area (Å²) in [7, 11) is 0. The summed E-state index contributed by atoms with van der Waals surface area (Å²) in [6.45, 7) is 1.50. The average Bonchev–Trinajstić information content (AvgIpc) is 3.23. The predicted octanol–water partition coefficient (Wildman–Crippen LogP) is 4.00. The van der Waals surface area contributed by atoms with Crippen LogP contribution in [-0.2, 0) is 19.5 Å². The molecule has 5 rings (SSSR count). The zero-order chi connectivity index (χ0) is 21.4. The van der Waals surface area contributed by atoms with E-state index in [1.807, 2.05) is 36.4 Å². The zero-order valence-electron chi connectivity index (χ0n) is 17.1. The third-order valence-corrected chi connectivity index (χ3v) is 6.46. The highest BCUT2D eigenvalue weighted by Gasteiger charge is 2.29. The van der Waals surface area contributed by atoms with Crippen molar-refractivity contribution in [2.75, 3.05) is 6.54 Å². The molecule has 31 heavy (non-hydrogen) atoms. The van der Waals surface area contributed by atoms with Crippen molar-refractivity contribution in [2.45, 2.75) is 38.4 Å². The van der Waals surface area contributed by atoms with Crippen molar-refractivity contribution >= 4 is 23.4 Å². The van der Waals surface area contributed by atoms with Gasteiger partial charge in [0.25, 0.3) is 11.8 Å². The predicted molar refractivity (Wildman–Crippen MR) is 118 cm³/mol. The van der Waals surface area contributed by atoms with Crippen molar-refractivity contribution in [2.24, 2.45) is 0 Å². The fourth-order valence-corrected chi connectivity index (χ4v) is 4.66. The third-order valence-electron chi connectivity index (χ3n) is 6.09. The van der Waals surface area contributed by atoms with Gasteiger partial charge in [0, 0.05) is 24.2 Å². The zero-order valence-corrected chi connectivity index (χ0v) is 17.8. The van der Waals surface area contributed by atoms with Crippen molar-refractivity contribution in [3.8, 4) is 0 Å². The Morgan fingerprint density at radius 1 is 1.13 bits per heavy atom. The quantitative estimate of drug-likeness (QED) is 0.674. The van der Waals surface area contributed by atoms with E-state index in [1.54, 1.807) is 15.6 Å². The second kappa shape index (κ2) is 8.19. The first-order valence-corrected chi connectivity index (χ1v) is 11.0. The molecule has 2 heterocycles. The largest absolute Gasteiger partial charge is 0.344 e. The smallest absolute Gasteiger partial charge is 0.272 e. The Balaban J connectivity index is 1.32. The maximum absolute atomic E-state index is 13.0. The molecule has 0 fully saturated rings. The lowest BCUT2D eigenvalue weighted by molar-refractivity contribution is 0.0683. The Hall–Kier alpha value is -3.12. The van der Waals surface area contributed by atoms with Gasteiger partial charge in [-0.15, -0.1) is 0 Å². The number of aryl methyl sites for hydroxylation is 1. The minimum atomic E-state index is -0.242. The SMILES string of the molecule is O=C(NC1CCCc2ccccc21)c1cc2n(n1)CCN(Cc1ccccc1Cl)C2=O. The van der Waals surface area contributed by atoms with Gasteiger partial charge in [0.1, 0.15) is 5.69 Å². The Morgan fingerprint density at radius 3 is 2.81 bits per heavy atom. The third kappa shape index (κ3) is 3.83. The highest BCUT2D eigenvalue weighted by Crippen LogP contribution is 2.30. The molecule has 1 aromatic heterocycles. The summed E-state index contributed by atoms with van der Waals surface area (Å²) in [5, 5.41) is 8.17. The van der Waals surface area contributed by atoms with Gasteiger partial charge in [0.05, 0.1) is 12.6 Å². The number of fused-ring (bicyclic) bond motifs is 2. The van der Waals surface area contributed by atoms with E-state index < -0.39 is 0 Å². The van der Waals surface area contributed by atoms with Crippen LogP contribution >= 0.6 is 11.6 Å². The van der Waals surface area contributed by atoms with E-state index in [4.69, 9.17) is 11.6 Å². The lowest BCUT2D eigenvalue weighted by Gasteiger charge is -2.27. The molecule has 0 radical (unpaired) electrons. The van der Waals surface area contributed by atoms with Crippen molar-refractivity contribution in [3.63, 3.8) is 0 Å². The second-order valence-corrected chi connectivity index (χ2v) is 8.48. The van der Waals surface area contributed by atoms with Gasteiger partial charge in [-0.05, 0) is 42.0 Å². The molecule has 1 N–H and O–H groups in total. The number of hydrogen-bond acceptors (Lipinski definition) is 3. The number of nitrogens with zero attached hydrogens (tertiary/aromatic N) is 3. The van der Waals surface area contributed by atoms with Crippen LogP contribution in [0.1, 0.15) is 56.6 Å². The number of aromatic nitrogens is 2. The molecule has 2 aliphatic rings. The van der Waals surface area contributed by atoms with Gasteiger partial charge >= 0.3 is 0 Å². The number of rotatable bonds is 4. The first kappa shape index (κ1) is 19.8. The molecule has 0 saturated carbocycles. The maximum atomic E-state index is 13.0. The number of halogens is 1. The molecule has 1 atom stereocenters. The van der Waals surface area contributed by atoms with E-state index in [0.717, 1.165) is 24.8 Å². The van der Waals surface area contributed by atoms with E-state index in [0.29, 0.717) is 30.4 Å². The number of benzene rings is 2. The summed E-state index contributed by atoms with van der Waals surface area (Å²) in [6, 6.07) is 17.3. The van der Waals surface area contributed by atoms with Crippen molar-refractivity contribution in [1.82, 2.24) is 20.0 Å². The van der Waals surface area contributed by atoms with Gasteiger partial charge < -0.3 is 10.2 Å². The molecule has 0 saturated heterocycles. The van der Waals surface area contributed by atoms with E-state index in [-0.39, 0.29) is 23.6 Å². The number of carbonyl (C=O) groups excluding carboxylic acids is 2. The Kier molecular flexibility index (Phi) is 5.24. The second-order valence-electron chi connectivity index (χ2n) is 8.07. The Bertz CT molecular complexity index is 1160. The van der Waals surface area contributed by atoms with Crippen molar-refractivity contribution < 1.29 is 9.59 Å². The molecule has 1 aliphatic heterocycles. The minimum Gasteiger partial charge on any atom is -0.344 e. The van der Waals surface area contributed by atoms with Crippen LogP contribution in [0.5, 0.6) is 0 Å². The minimum absolute atomic E-state index is 0.0244. The van der Waals surface area contributed by atoms with Gasteiger partial charge in [-0.25, -0.2) is 0 Å². The van der Waals surface area contributed by atoms with Crippen LogP contribution in [0.15, 0.2) is 54.6 Å². The molecule has 1 aliphatic carbocycles. The molecule has 2 amide bonds. The molecule has 2 aromatic carbocycles. The fourth-order valence-electron chi connectivity index (χ4n) is 4.47. The van der Waals surface area contributed by atoms with Crippen LogP contribution in [0.3, 0.4) is 0 Å². The number of nitrogens with one attached hydrogen (secondary N) is 1. The van der Waals surface area contributed by atoms with E-state index in [2.05, 4.69) is 22.5 Å². The van der Waals surface area contributed by atoms with Gasteiger partial charge in [0.15, 0.2) is 5.69 Å². The van der Waals surface area contributed by atoms with Gasteiger partial charge in [-0.3, -0.25) is 14.3 Å². The highest BCUT2D eigenvalue weighted by atomic mass is 35.5. The van der Waals surface area contributed by atoms with Gasteiger partial charge in [0.2, 0.25) is 0 Å². The molecule has 0 spiro atoms. The molecule has 3 aromatic rings. The molecular weight excluding hydrogens is 412 g/mol. The Morgan fingerprint density at radius 2 is 1.94 bits per heavy atom. The van der Waals surface area contributed by atoms with Crippen LogP contribution in [0, 0.1) is 0 Å². The van der Waals surface area contributed by atoms with E-state index in [9.17, 15) is 9.59 Å². The molecule has 6 nitrogen and oxygen atoms in total. The first-order chi connectivity index (χ1) is 15.1. The van der Waals surface area contributed by atoms with Crippen molar-refractivity contribution in [3.05, 3.63) is 87.7 Å². The topological polar surface area (TPSA) is 67.2 Å². The number of carbonyl (C=O) groups is 2. The number of hydrogen-bond donors (Lipinski definition) is 1. The summed E-state index contributed by atoms with van der Waals surface area (Å²) >= 11 is 6.26. The van der Waals surface area contributed by atoms with Crippen LogP contribution in [0.2, 0.25) is 5.02 Å². The van der Waals surface area contributed by atoms with E-state index >= 15 is 0 Å². The summed E-state index contributed by atoms with van der Waals surface area (Å²) in [5.41, 5.74) is 4.08. The van der Waals surface area contributed by atoms with Crippen LogP contribution in [0.25, 0.3) is 0 Å². The molecule has 0 bridgehead atoms. The lowest BCUT2D eigenvalue weighted by Crippen LogP contribution is -2.39. The maximum Gasteiger partial charge on any atom is 0.272 e. The molecular formula is C24H23ClN4O2. The standard InChI is InChI=1S/C24H23ClN4O2/c25-19-10-4-2-7-17(19)15-28-12-13-29-22(24(28)31)14-21(27-29)23(30)26-20-11-5-8-16-6-1-3-9-18(16)20/h1-4,6-7,9-10,14,20H,5,8,11-13,15H2,(H,26,30). The van der Waals surface area contributed by atoms with Gasteiger partial charge in [-0.1, -0.05) is 54.1 Å². The summed E-state index contributed by atoms with van der Waals surface area (Å²) in [5.74, 6) is -0.380. The van der Waals surface area contributed by atoms with Gasteiger partial charge in [-0.2, -0.15) is 5.10 Å². The first-order valence-electron chi connectivity index (χ1n) is 10.6. The summed E-state index contributed by atoms with van der Waals surface area (Å²) in [6.07, 6.45) is 2.98. The van der Waals surface area contributed by atoms with E-state index in [1.165, 1.54) is 11.1 Å². The summed E-state index contributed by atoms with van der Waals surface area (Å²) < 4.78 is 1.63. The molecule has 158 valence electrons. The normalized spacial score (nSPS) is 17.8. The van der Waals surface area contributed by atoms with Crippen LogP contribution in [0.4, 0.5) is 0 Å². The lowest BCUT2D eigenvalue weighted by atomic mass is 9.87. The monoisotopic (exact) mass is 434 g/mol. The van der Waals surface area contributed by atoms with Crippen LogP contribution in [-0.4, -0.2) is 33.0 Å². The fraction of sp³-hybridized carbons (Fsp3) is 0.292. The molecule has 7 heteroatoms. The van der Waals surface area contributed by atoms with Crippen molar-refractivity contribution in [1.29, 1.82) is 0 Å². The highest BCUT2D eigenvalue weighted by molar-refractivity contribution is 6.31. The summed E-state index contributed by atoms with van der Waals surface area (Å²) in [4.78, 5) is 27.7. The average molecular weight is 435 g/mol. The number of amides is 2. The van der Waals surface area contributed by atoms with Crippen LogP contribution < -0.4 is 5.32 Å². The Labute approximate surface area is 185 Å².